The van der Waals surface area contributed by atoms with E-state index in [1.807, 2.05) is 42.5 Å². The summed E-state index contributed by atoms with van der Waals surface area (Å²) in [6.07, 6.45) is 1.64. The van der Waals surface area contributed by atoms with Crippen LogP contribution in [-0.4, -0.2) is 42.4 Å². The molecular formula is C18H18N4O3S. The fourth-order valence-corrected chi connectivity index (χ4v) is 2.72. The van der Waals surface area contributed by atoms with Gasteiger partial charge in [0.25, 0.3) is 0 Å². The third-order valence-electron chi connectivity index (χ3n) is 3.74. The van der Waals surface area contributed by atoms with Crippen molar-refractivity contribution in [3.8, 4) is 28.6 Å². The van der Waals surface area contributed by atoms with Gasteiger partial charge in [0.2, 0.25) is 4.77 Å². The minimum Gasteiger partial charge on any atom is -0.496 e. The summed E-state index contributed by atoms with van der Waals surface area (Å²) in [5.74, 6) is 2.44. The van der Waals surface area contributed by atoms with E-state index in [0.717, 1.165) is 11.1 Å². The van der Waals surface area contributed by atoms with Crippen molar-refractivity contribution in [3.63, 3.8) is 0 Å². The van der Waals surface area contributed by atoms with E-state index in [-0.39, 0.29) is 0 Å². The highest BCUT2D eigenvalue weighted by atomic mass is 32.1. The van der Waals surface area contributed by atoms with Crippen LogP contribution in [0.4, 0.5) is 0 Å². The number of aromatic amines is 1. The average molecular weight is 370 g/mol. The number of aromatic nitrogens is 3. The van der Waals surface area contributed by atoms with Gasteiger partial charge in [-0.1, -0.05) is 18.2 Å². The number of H-pyrrole nitrogens is 1. The molecular weight excluding hydrogens is 352 g/mol. The Morgan fingerprint density at radius 2 is 1.73 bits per heavy atom. The molecule has 0 atom stereocenters. The smallest absolute Gasteiger partial charge is 0.216 e. The number of nitrogens with zero attached hydrogens (tertiary/aromatic N) is 3. The lowest BCUT2D eigenvalue weighted by molar-refractivity contribution is 0.354. The predicted octanol–water partition coefficient (Wildman–Crippen LogP) is 3.52. The molecule has 134 valence electrons. The number of ether oxygens (including phenoxy) is 3. The van der Waals surface area contributed by atoms with E-state index in [0.29, 0.717) is 27.8 Å². The second kappa shape index (κ2) is 7.83. The standard InChI is InChI=1S/C18H18N4O3S/c1-23-14-9-5-4-8-13(14)17-20-21-18(26)22(17)19-11-12-7-6-10-15(24-2)16(12)25-3/h4-11H,1-3H3,(H,21,26)/b19-11-. The summed E-state index contributed by atoms with van der Waals surface area (Å²) in [6.45, 7) is 0. The molecule has 1 heterocycles. The fraction of sp³-hybridized carbons (Fsp3) is 0.167. The maximum Gasteiger partial charge on any atom is 0.216 e. The lowest BCUT2D eigenvalue weighted by Gasteiger charge is -2.10. The molecule has 3 aromatic rings. The summed E-state index contributed by atoms with van der Waals surface area (Å²) in [5.41, 5.74) is 1.53. The minimum absolute atomic E-state index is 0.365. The molecule has 0 unspecified atom stereocenters. The van der Waals surface area contributed by atoms with Crippen LogP contribution in [0, 0.1) is 4.77 Å². The van der Waals surface area contributed by atoms with Crippen LogP contribution in [0.2, 0.25) is 0 Å². The van der Waals surface area contributed by atoms with Crippen molar-refractivity contribution < 1.29 is 14.2 Å². The number of hydrogen-bond donors (Lipinski definition) is 1. The van der Waals surface area contributed by atoms with E-state index in [4.69, 9.17) is 26.4 Å². The van der Waals surface area contributed by atoms with Crippen molar-refractivity contribution in [2.24, 2.45) is 5.10 Å². The van der Waals surface area contributed by atoms with E-state index in [1.54, 1.807) is 27.5 Å². The third kappa shape index (κ3) is 3.31. The van der Waals surface area contributed by atoms with Crippen molar-refractivity contribution in [2.45, 2.75) is 0 Å². The first-order valence-corrected chi connectivity index (χ1v) is 8.16. The third-order valence-corrected chi connectivity index (χ3v) is 4.01. The number of para-hydroxylation sites is 2. The normalized spacial score (nSPS) is 10.9. The van der Waals surface area contributed by atoms with E-state index in [9.17, 15) is 0 Å². The molecule has 0 saturated carbocycles. The van der Waals surface area contributed by atoms with E-state index < -0.39 is 0 Å². The molecule has 1 N–H and O–H groups in total. The molecule has 0 amide bonds. The van der Waals surface area contributed by atoms with Crippen LogP contribution in [0.1, 0.15) is 5.56 Å². The topological polar surface area (TPSA) is 73.7 Å². The van der Waals surface area contributed by atoms with Gasteiger partial charge in [-0.25, -0.2) is 5.10 Å². The Morgan fingerprint density at radius 3 is 2.46 bits per heavy atom. The number of nitrogens with one attached hydrogen (secondary N) is 1. The quantitative estimate of drug-likeness (QED) is 0.531. The van der Waals surface area contributed by atoms with Gasteiger partial charge in [-0.2, -0.15) is 14.9 Å². The highest BCUT2D eigenvalue weighted by molar-refractivity contribution is 7.71. The zero-order chi connectivity index (χ0) is 18.5. The summed E-state index contributed by atoms with van der Waals surface area (Å²) in [7, 11) is 4.78. The van der Waals surface area contributed by atoms with Gasteiger partial charge in [0.05, 0.1) is 33.1 Å². The van der Waals surface area contributed by atoms with Crippen molar-refractivity contribution in [3.05, 3.63) is 52.8 Å². The first-order chi connectivity index (χ1) is 12.7. The van der Waals surface area contributed by atoms with Gasteiger partial charge in [0.15, 0.2) is 17.3 Å². The molecule has 0 aliphatic carbocycles. The van der Waals surface area contributed by atoms with Crippen LogP contribution in [0.3, 0.4) is 0 Å². The molecule has 0 aliphatic heterocycles. The molecule has 1 aromatic heterocycles. The number of hydrogen-bond acceptors (Lipinski definition) is 6. The van der Waals surface area contributed by atoms with Crippen molar-refractivity contribution >= 4 is 18.4 Å². The van der Waals surface area contributed by atoms with E-state index >= 15 is 0 Å². The van der Waals surface area contributed by atoms with E-state index in [1.165, 1.54) is 4.68 Å². The lowest BCUT2D eigenvalue weighted by atomic mass is 10.2. The molecule has 0 aliphatic rings. The summed E-state index contributed by atoms with van der Waals surface area (Å²) in [6, 6.07) is 13.1. The zero-order valence-corrected chi connectivity index (χ0v) is 15.4. The van der Waals surface area contributed by atoms with Crippen LogP contribution < -0.4 is 14.2 Å². The van der Waals surface area contributed by atoms with E-state index in [2.05, 4.69) is 15.3 Å². The van der Waals surface area contributed by atoms with Gasteiger partial charge in [0.1, 0.15) is 5.75 Å². The number of rotatable bonds is 6. The zero-order valence-electron chi connectivity index (χ0n) is 14.6. The first kappa shape index (κ1) is 17.7. The van der Waals surface area contributed by atoms with Crippen LogP contribution in [0.15, 0.2) is 47.6 Å². The second-order valence-corrected chi connectivity index (χ2v) is 5.58. The molecule has 3 rings (SSSR count). The van der Waals surface area contributed by atoms with Crippen molar-refractivity contribution in [1.82, 2.24) is 14.9 Å². The largest absolute Gasteiger partial charge is 0.496 e. The monoisotopic (exact) mass is 370 g/mol. The first-order valence-electron chi connectivity index (χ1n) is 7.75. The molecule has 2 aromatic carbocycles. The Hall–Kier alpha value is -3.13. The SMILES string of the molecule is COc1ccccc1-c1n[nH]c(=S)n1/N=C\c1cccc(OC)c1OC. The van der Waals surface area contributed by atoms with Gasteiger partial charge in [0, 0.05) is 5.56 Å². The summed E-state index contributed by atoms with van der Waals surface area (Å²) < 4.78 is 18.0. The number of methoxy groups -OCH3 is 3. The Bertz CT molecular complexity index is 994. The fourth-order valence-electron chi connectivity index (χ4n) is 2.54. The molecule has 7 nitrogen and oxygen atoms in total. The van der Waals surface area contributed by atoms with Crippen LogP contribution in [0.5, 0.6) is 17.2 Å². The van der Waals surface area contributed by atoms with Gasteiger partial charge < -0.3 is 14.2 Å². The molecule has 26 heavy (non-hydrogen) atoms. The Kier molecular flexibility index (Phi) is 5.33. The van der Waals surface area contributed by atoms with Gasteiger partial charge >= 0.3 is 0 Å². The maximum atomic E-state index is 5.42. The lowest BCUT2D eigenvalue weighted by Crippen LogP contribution is -1.99. The summed E-state index contributed by atoms with van der Waals surface area (Å²) in [4.78, 5) is 0. The predicted molar refractivity (Wildman–Crippen MR) is 102 cm³/mol. The van der Waals surface area contributed by atoms with Crippen molar-refractivity contribution in [1.29, 1.82) is 0 Å². The molecule has 0 saturated heterocycles. The Balaban J connectivity index is 2.06. The highest BCUT2D eigenvalue weighted by Crippen LogP contribution is 2.30. The molecule has 0 spiro atoms. The molecule has 0 bridgehead atoms. The van der Waals surface area contributed by atoms with Crippen LogP contribution in [0.25, 0.3) is 11.4 Å². The summed E-state index contributed by atoms with van der Waals surface area (Å²) >= 11 is 5.31. The maximum absolute atomic E-state index is 5.42. The van der Waals surface area contributed by atoms with Crippen LogP contribution >= 0.6 is 12.2 Å². The van der Waals surface area contributed by atoms with Gasteiger partial charge in [-0.05, 0) is 36.5 Å². The minimum atomic E-state index is 0.365. The molecule has 0 radical (unpaired) electrons. The Morgan fingerprint density at radius 1 is 1.00 bits per heavy atom. The number of benzene rings is 2. The Labute approximate surface area is 155 Å². The average Bonchev–Trinajstić information content (AvgIpc) is 3.06. The highest BCUT2D eigenvalue weighted by Gasteiger charge is 2.13. The molecule has 0 fully saturated rings. The van der Waals surface area contributed by atoms with Gasteiger partial charge in [-0.3, -0.25) is 0 Å². The van der Waals surface area contributed by atoms with Crippen LogP contribution in [-0.2, 0) is 0 Å². The second-order valence-electron chi connectivity index (χ2n) is 5.19. The van der Waals surface area contributed by atoms with Crippen molar-refractivity contribution in [2.75, 3.05) is 21.3 Å². The molecule has 8 heteroatoms. The van der Waals surface area contributed by atoms with Gasteiger partial charge in [-0.15, -0.1) is 0 Å². The summed E-state index contributed by atoms with van der Waals surface area (Å²) in [5, 5.41) is 11.5.